The van der Waals surface area contributed by atoms with Crippen LogP contribution in [0.25, 0.3) is 0 Å². The van der Waals surface area contributed by atoms with E-state index in [0.717, 1.165) is 5.56 Å². The van der Waals surface area contributed by atoms with Crippen molar-refractivity contribution in [2.75, 3.05) is 5.75 Å². The van der Waals surface area contributed by atoms with Crippen molar-refractivity contribution in [1.82, 2.24) is 5.32 Å². The molecule has 0 aromatic heterocycles. The van der Waals surface area contributed by atoms with Crippen LogP contribution in [0.15, 0.2) is 30.3 Å². The van der Waals surface area contributed by atoms with Gasteiger partial charge < -0.3 is 10.4 Å². The second kappa shape index (κ2) is 6.61. The van der Waals surface area contributed by atoms with E-state index in [1.54, 1.807) is 0 Å². The van der Waals surface area contributed by atoms with E-state index in [1.165, 1.54) is 18.7 Å². The Bertz CT molecular complexity index is 445. The topological polar surface area (TPSA) is 66.4 Å². The summed E-state index contributed by atoms with van der Waals surface area (Å²) in [7, 11) is 0. The Kier molecular flexibility index (Phi) is 5.42. The van der Waals surface area contributed by atoms with E-state index >= 15 is 0 Å². The first-order chi connectivity index (χ1) is 8.83. The Morgan fingerprint density at radius 3 is 2.37 bits per heavy atom. The zero-order valence-corrected chi connectivity index (χ0v) is 12.2. The molecule has 0 aliphatic heterocycles. The summed E-state index contributed by atoms with van der Waals surface area (Å²) in [6, 6.07) is 9.04. The molecule has 1 unspecified atom stereocenters. The van der Waals surface area contributed by atoms with Gasteiger partial charge in [-0.2, -0.15) is 0 Å². The van der Waals surface area contributed by atoms with Crippen molar-refractivity contribution in [3.05, 3.63) is 35.9 Å². The van der Waals surface area contributed by atoms with Crippen LogP contribution < -0.4 is 5.32 Å². The van der Waals surface area contributed by atoms with Crippen LogP contribution in [0.3, 0.4) is 0 Å². The molecule has 4 nitrogen and oxygen atoms in total. The van der Waals surface area contributed by atoms with Crippen LogP contribution in [0.2, 0.25) is 0 Å². The lowest BCUT2D eigenvalue weighted by atomic mass is 10.0. The summed E-state index contributed by atoms with van der Waals surface area (Å²) in [5.74, 6) is -1.01. The van der Waals surface area contributed by atoms with Crippen molar-refractivity contribution in [1.29, 1.82) is 0 Å². The maximum Gasteiger partial charge on any atom is 0.327 e. The van der Waals surface area contributed by atoms with E-state index in [4.69, 9.17) is 5.11 Å². The molecular weight excluding hydrogens is 262 g/mol. The fraction of sp³-hybridized carbons (Fsp3) is 0.429. The van der Waals surface area contributed by atoms with Crippen molar-refractivity contribution in [2.24, 2.45) is 0 Å². The molecule has 0 aliphatic carbocycles. The average molecular weight is 281 g/mol. The highest BCUT2D eigenvalue weighted by molar-refractivity contribution is 8.00. The summed E-state index contributed by atoms with van der Waals surface area (Å²) in [4.78, 5) is 22.0. The molecule has 0 saturated carbocycles. The monoisotopic (exact) mass is 281 g/mol. The van der Waals surface area contributed by atoms with Crippen molar-refractivity contribution in [3.8, 4) is 0 Å². The molecule has 0 saturated heterocycles. The number of carboxylic acids is 1. The first-order valence-corrected chi connectivity index (χ1v) is 7.01. The number of carbonyl (C=O) groups excluding carboxylic acids is 1. The summed E-state index contributed by atoms with van der Waals surface area (Å²) >= 11 is 1.51. The van der Waals surface area contributed by atoms with E-state index < -0.39 is 12.0 Å². The highest BCUT2D eigenvalue weighted by Gasteiger charge is 2.26. The highest BCUT2D eigenvalue weighted by atomic mass is 32.2. The zero-order chi connectivity index (χ0) is 14.5. The van der Waals surface area contributed by atoms with Crippen LogP contribution in [-0.4, -0.2) is 28.8 Å². The molecule has 2 N–H and O–H groups in total. The maximum atomic E-state index is 11.1. The Labute approximate surface area is 117 Å². The van der Waals surface area contributed by atoms with Crippen LogP contribution in [-0.2, 0) is 14.3 Å². The molecule has 0 heterocycles. The summed E-state index contributed by atoms with van der Waals surface area (Å²) in [6.45, 7) is 5.41. The van der Waals surface area contributed by atoms with E-state index in [0.29, 0.717) is 5.75 Å². The van der Waals surface area contributed by atoms with E-state index in [-0.39, 0.29) is 10.7 Å². The molecule has 19 heavy (non-hydrogen) atoms. The lowest BCUT2D eigenvalue weighted by Gasteiger charge is -2.26. The number of aliphatic carboxylic acids is 1. The molecule has 1 aromatic rings. The van der Waals surface area contributed by atoms with Gasteiger partial charge in [-0.1, -0.05) is 30.3 Å². The number of rotatable bonds is 6. The lowest BCUT2D eigenvalue weighted by molar-refractivity contribution is -0.140. The Morgan fingerprint density at radius 1 is 1.32 bits per heavy atom. The average Bonchev–Trinajstić information content (AvgIpc) is 2.35. The van der Waals surface area contributed by atoms with Crippen molar-refractivity contribution in [3.63, 3.8) is 0 Å². The number of thioether (sulfide) groups is 1. The van der Waals surface area contributed by atoms with E-state index in [2.05, 4.69) is 5.32 Å². The Hall–Kier alpha value is -1.49. The van der Waals surface area contributed by atoms with Gasteiger partial charge in [-0.05, 0) is 19.4 Å². The minimum absolute atomic E-state index is 0.201. The third-order valence-corrected chi connectivity index (χ3v) is 4.21. The van der Waals surface area contributed by atoms with Crippen molar-refractivity contribution in [2.45, 2.75) is 31.6 Å². The smallest absolute Gasteiger partial charge is 0.327 e. The van der Waals surface area contributed by atoms with Gasteiger partial charge >= 0.3 is 5.97 Å². The number of hydrogen-bond donors (Lipinski definition) is 2. The van der Waals surface area contributed by atoms with Gasteiger partial charge in [0.25, 0.3) is 0 Å². The molecule has 1 atom stereocenters. The van der Waals surface area contributed by atoms with E-state index in [1.807, 2.05) is 44.2 Å². The summed E-state index contributed by atoms with van der Waals surface area (Å²) < 4.78 is -0.201. The molecule has 5 heteroatoms. The second-order valence-electron chi connectivity index (χ2n) is 4.78. The number of hydrogen-bond acceptors (Lipinski definition) is 3. The molecule has 104 valence electrons. The van der Waals surface area contributed by atoms with Crippen LogP contribution in [0.4, 0.5) is 0 Å². The second-order valence-corrected chi connectivity index (χ2v) is 6.42. The number of benzene rings is 1. The minimum atomic E-state index is -1.01. The number of carbonyl (C=O) groups is 2. The van der Waals surface area contributed by atoms with Gasteiger partial charge in [0.05, 0.1) is 0 Å². The summed E-state index contributed by atoms with van der Waals surface area (Å²) in [5, 5.41) is 11.5. The van der Waals surface area contributed by atoms with Crippen LogP contribution in [0, 0.1) is 0 Å². The van der Waals surface area contributed by atoms with Gasteiger partial charge in [0, 0.05) is 17.4 Å². The Morgan fingerprint density at radius 2 is 1.89 bits per heavy atom. The molecule has 1 amide bonds. The molecule has 0 spiro atoms. The molecule has 1 rings (SSSR count). The third kappa shape index (κ3) is 4.95. The maximum absolute atomic E-state index is 11.1. The van der Waals surface area contributed by atoms with Gasteiger partial charge in [-0.3, -0.25) is 4.79 Å². The molecule has 1 aromatic carbocycles. The molecule has 0 aliphatic rings. The lowest BCUT2D eigenvalue weighted by Crippen LogP contribution is -2.42. The van der Waals surface area contributed by atoms with Crippen molar-refractivity contribution < 1.29 is 14.7 Å². The summed E-state index contributed by atoms with van der Waals surface area (Å²) in [5.41, 5.74) is 1.13. The molecule has 0 fully saturated rings. The fourth-order valence-electron chi connectivity index (χ4n) is 1.63. The van der Waals surface area contributed by atoms with Gasteiger partial charge in [-0.15, -0.1) is 11.8 Å². The predicted molar refractivity (Wildman–Crippen MR) is 77.2 cm³/mol. The standard InChI is InChI=1S/C14H19NO3S/c1-10(16)15-12(13(17)18)9-19-14(2,3)11-7-5-4-6-8-11/h4-8,12H,9H2,1-3H3,(H,15,16)(H,17,18). The number of amides is 1. The normalized spacial score (nSPS) is 12.8. The summed E-state index contributed by atoms with van der Waals surface area (Å²) in [6.07, 6.45) is 0. The van der Waals surface area contributed by atoms with Crippen LogP contribution >= 0.6 is 11.8 Å². The first-order valence-electron chi connectivity index (χ1n) is 6.02. The van der Waals surface area contributed by atoms with Gasteiger partial charge in [0.1, 0.15) is 6.04 Å². The highest BCUT2D eigenvalue weighted by Crippen LogP contribution is 2.35. The SMILES string of the molecule is CC(=O)NC(CSC(C)(C)c1ccccc1)C(=O)O. The van der Waals surface area contributed by atoms with Crippen LogP contribution in [0.1, 0.15) is 26.3 Å². The van der Waals surface area contributed by atoms with Gasteiger partial charge in [0.2, 0.25) is 5.91 Å². The van der Waals surface area contributed by atoms with Gasteiger partial charge in [-0.25, -0.2) is 4.79 Å². The third-order valence-electron chi connectivity index (χ3n) is 2.76. The van der Waals surface area contributed by atoms with Crippen molar-refractivity contribution >= 4 is 23.6 Å². The number of nitrogens with one attached hydrogen (secondary N) is 1. The molecule has 0 bridgehead atoms. The Balaban J connectivity index is 2.68. The quantitative estimate of drug-likeness (QED) is 0.839. The largest absolute Gasteiger partial charge is 0.480 e. The first kappa shape index (κ1) is 15.6. The number of carboxylic acid groups (broad SMARTS) is 1. The minimum Gasteiger partial charge on any atom is -0.480 e. The molecular formula is C14H19NO3S. The fourth-order valence-corrected chi connectivity index (χ4v) is 2.75. The van der Waals surface area contributed by atoms with Crippen LogP contribution in [0.5, 0.6) is 0 Å². The van der Waals surface area contributed by atoms with E-state index in [9.17, 15) is 9.59 Å². The molecule has 0 radical (unpaired) electrons. The predicted octanol–water partition coefficient (Wildman–Crippen LogP) is 2.24. The zero-order valence-electron chi connectivity index (χ0n) is 11.3. The van der Waals surface area contributed by atoms with Gasteiger partial charge in [0.15, 0.2) is 0 Å².